The number of nitrogens with zero attached hydrogens (tertiary/aromatic N) is 2. The van der Waals surface area contributed by atoms with Crippen molar-refractivity contribution in [1.82, 2.24) is 15.1 Å². The smallest absolute Gasteiger partial charge is 0.251 e. The van der Waals surface area contributed by atoms with Gasteiger partial charge in [-0.15, -0.1) is 0 Å². The van der Waals surface area contributed by atoms with Crippen LogP contribution in [0.5, 0.6) is 0 Å². The van der Waals surface area contributed by atoms with E-state index in [-0.39, 0.29) is 24.3 Å². The summed E-state index contributed by atoms with van der Waals surface area (Å²) in [6, 6.07) is 16.1. The van der Waals surface area contributed by atoms with Crippen molar-refractivity contribution in [1.29, 1.82) is 0 Å². The fourth-order valence-electron chi connectivity index (χ4n) is 3.79. The van der Waals surface area contributed by atoms with Gasteiger partial charge in [-0.25, -0.2) is 0 Å². The van der Waals surface area contributed by atoms with E-state index in [1.54, 1.807) is 10.9 Å². The maximum atomic E-state index is 12.8. The second-order valence-corrected chi connectivity index (χ2v) is 7.47. The third kappa shape index (κ3) is 4.54. The summed E-state index contributed by atoms with van der Waals surface area (Å²) in [5, 5.41) is 7.44. The van der Waals surface area contributed by atoms with Crippen LogP contribution in [-0.4, -0.2) is 27.6 Å². The van der Waals surface area contributed by atoms with Crippen molar-refractivity contribution in [3.05, 3.63) is 77.6 Å². The first-order chi connectivity index (χ1) is 14.1. The molecule has 0 unspecified atom stereocenters. The molecule has 0 fully saturated rings. The largest absolute Gasteiger partial charge is 0.370 e. The highest BCUT2D eigenvalue weighted by atomic mass is 16.2. The van der Waals surface area contributed by atoms with Crippen molar-refractivity contribution in [2.45, 2.75) is 38.3 Å². The molecule has 29 heavy (non-hydrogen) atoms. The van der Waals surface area contributed by atoms with Gasteiger partial charge >= 0.3 is 0 Å². The molecule has 1 aliphatic carbocycles. The Morgan fingerprint density at radius 3 is 2.76 bits per heavy atom. The first-order valence-corrected chi connectivity index (χ1v) is 9.87. The van der Waals surface area contributed by atoms with Crippen molar-refractivity contribution in [2.75, 3.05) is 0 Å². The number of hydrogen-bond donors (Lipinski definition) is 2. The van der Waals surface area contributed by atoms with Crippen molar-refractivity contribution >= 4 is 11.8 Å². The quantitative estimate of drug-likeness (QED) is 0.680. The van der Waals surface area contributed by atoms with Crippen molar-refractivity contribution < 1.29 is 9.59 Å². The van der Waals surface area contributed by atoms with Gasteiger partial charge in [-0.3, -0.25) is 14.3 Å². The molecular weight excluding hydrogens is 364 g/mol. The van der Waals surface area contributed by atoms with E-state index in [9.17, 15) is 9.59 Å². The van der Waals surface area contributed by atoms with Crippen LogP contribution >= 0.6 is 0 Å². The van der Waals surface area contributed by atoms with Gasteiger partial charge in [0.2, 0.25) is 5.91 Å². The Kier molecular flexibility index (Phi) is 5.42. The Labute approximate surface area is 169 Å². The number of nitrogens with one attached hydrogen (secondary N) is 1. The Morgan fingerprint density at radius 1 is 1.10 bits per heavy atom. The molecule has 6 nitrogen and oxygen atoms in total. The molecule has 0 saturated heterocycles. The summed E-state index contributed by atoms with van der Waals surface area (Å²) in [7, 11) is 0. The Bertz CT molecular complexity index is 1040. The number of primary amides is 1. The van der Waals surface area contributed by atoms with Crippen molar-refractivity contribution in [2.24, 2.45) is 5.73 Å². The van der Waals surface area contributed by atoms with E-state index < -0.39 is 0 Å². The monoisotopic (exact) mass is 388 g/mol. The summed E-state index contributed by atoms with van der Waals surface area (Å²) in [6.45, 7) is 0.443. The van der Waals surface area contributed by atoms with Gasteiger partial charge in [0.1, 0.15) is 0 Å². The predicted molar refractivity (Wildman–Crippen MR) is 111 cm³/mol. The van der Waals surface area contributed by atoms with Gasteiger partial charge in [-0.2, -0.15) is 5.10 Å². The normalized spacial score (nSPS) is 15.5. The number of fused-ring (bicyclic) bond motifs is 1. The zero-order valence-electron chi connectivity index (χ0n) is 16.2. The third-order valence-electron chi connectivity index (χ3n) is 5.36. The number of rotatable bonds is 6. The van der Waals surface area contributed by atoms with Gasteiger partial charge < -0.3 is 11.1 Å². The highest BCUT2D eigenvalue weighted by molar-refractivity contribution is 5.95. The molecule has 1 aliphatic rings. The van der Waals surface area contributed by atoms with E-state index >= 15 is 0 Å². The molecule has 0 bridgehead atoms. The zero-order valence-corrected chi connectivity index (χ0v) is 16.2. The van der Waals surface area contributed by atoms with Crippen molar-refractivity contribution in [3.8, 4) is 11.1 Å². The molecule has 1 atom stereocenters. The van der Waals surface area contributed by atoms with E-state index in [1.807, 2.05) is 30.5 Å². The number of nitrogens with two attached hydrogens (primary N) is 1. The van der Waals surface area contributed by atoms with Crippen LogP contribution in [0.2, 0.25) is 0 Å². The van der Waals surface area contributed by atoms with E-state index in [4.69, 9.17) is 5.73 Å². The van der Waals surface area contributed by atoms with Gasteiger partial charge in [0.15, 0.2) is 0 Å². The Balaban J connectivity index is 1.43. The lowest BCUT2D eigenvalue weighted by molar-refractivity contribution is -0.118. The molecule has 1 heterocycles. The zero-order chi connectivity index (χ0) is 20.2. The molecule has 3 N–H and O–H groups in total. The van der Waals surface area contributed by atoms with E-state index in [0.29, 0.717) is 12.1 Å². The van der Waals surface area contributed by atoms with Gasteiger partial charge in [0.25, 0.3) is 5.91 Å². The molecule has 148 valence electrons. The van der Waals surface area contributed by atoms with E-state index in [0.717, 1.165) is 30.4 Å². The van der Waals surface area contributed by atoms with Crippen LogP contribution in [0.1, 0.15) is 34.3 Å². The molecule has 6 heteroatoms. The van der Waals surface area contributed by atoms with Crippen LogP contribution in [0, 0.1) is 0 Å². The fourth-order valence-corrected chi connectivity index (χ4v) is 3.79. The average Bonchev–Trinajstić information content (AvgIpc) is 3.21. The number of carbonyl (C=O) groups is 2. The van der Waals surface area contributed by atoms with Gasteiger partial charge in [-0.05, 0) is 48.1 Å². The summed E-state index contributed by atoms with van der Waals surface area (Å²) in [6.07, 6.45) is 6.65. The maximum Gasteiger partial charge on any atom is 0.251 e. The van der Waals surface area contributed by atoms with Crippen LogP contribution in [-0.2, 0) is 24.2 Å². The SMILES string of the molecule is NC(=O)CCn1cc(-c2cccc(C(=O)N[C@@H]3CCc4ccccc4C3)c2)cn1. The number of benzene rings is 2. The van der Waals surface area contributed by atoms with Crippen LogP contribution in [0.3, 0.4) is 0 Å². The summed E-state index contributed by atoms with van der Waals surface area (Å²) in [5.41, 5.74) is 10.3. The molecule has 4 rings (SSSR count). The Hall–Kier alpha value is -3.41. The minimum absolute atomic E-state index is 0.0580. The molecular formula is C23H24N4O2. The number of carbonyl (C=O) groups excluding carboxylic acids is 2. The minimum atomic E-state index is -0.356. The summed E-state index contributed by atoms with van der Waals surface area (Å²) >= 11 is 0. The molecule has 0 radical (unpaired) electrons. The maximum absolute atomic E-state index is 12.8. The number of hydrogen-bond acceptors (Lipinski definition) is 3. The van der Waals surface area contributed by atoms with Crippen molar-refractivity contribution in [3.63, 3.8) is 0 Å². The van der Waals surface area contributed by atoms with Crippen LogP contribution in [0.25, 0.3) is 11.1 Å². The molecule has 0 saturated carbocycles. The lowest BCUT2D eigenvalue weighted by Crippen LogP contribution is -2.38. The minimum Gasteiger partial charge on any atom is -0.370 e. The molecule has 2 aromatic carbocycles. The Morgan fingerprint density at radius 2 is 1.93 bits per heavy atom. The number of amides is 2. The van der Waals surface area contributed by atoms with Crippen LogP contribution < -0.4 is 11.1 Å². The molecule has 0 aliphatic heterocycles. The highest BCUT2D eigenvalue weighted by Gasteiger charge is 2.20. The summed E-state index contributed by atoms with van der Waals surface area (Å²) in [4.78, 5) is 23.7. The first-order valence-electron chi connectivity index (χ1n) is 9.87. The molecule has 1 aromatic heterocycles. The molecule has 0 spiro atoms. The highest BCUT2D eigenvalue weighted by Crippen LogP contribution is 2.23. The van der Waals surface area contributed by atoms with Gasteiger partial charge in [-0.1, -0.05) is 36.4 Å². The fraction of sp³-hybridized carbons (Fsp3) is 0.261. The number of aromatic nitrogens is 2. The lowest BCUT2D eigenvalue weighted by Gasteiger charge is -2.25. The number of aryl methyl sites for hydroxylation is 2. The van der Waals surface area contributed by atoms with Crippen LogP contribution in [0.4, 0.5) is 0 Å². The van der Waals surface area contributed by atoms with E-state index in [1.165, 1.54) is 11.1 Å². The van der Waals surface area contributed by atoms with Gasteiger partial charge in [0, 0.05) is 36.3 Å². The van der Waals surface area contributed by atoms with E-state index in [2.05, 4.69) is 34.7 Å². The summed E-state index contributed by atoms with van der Waals surface area (Å²) < 4.78 is 1.69. The molecule has 2 amide bonds. The second-order valence-electron chi connectivity index (χ2n) is 7.47. The second kappa shape index (κ2) is 8.31. The summed E-state index contributed by atoms with van der Waals surface area (Å²) in [5.74, 6) is -0.414. The van der Waals surface area contributed by atoms with Crippen LogP contribution in [0.15, 0.2) is 60.9 Å². The third-order valence-corrected chi connectivity index (χ3v) is 5.36. The predicted octanol–water partition coefficient (Wildman–Crippen LogP) is 2.71. The van der Waals surface area contributed by atoms with Gasteiger partial charge in [0.05, 0.1) is 6.20 Å². The average molecular weight is 388 g/mol. The topological polar surface area (TPSA) is 90.0 Å². The molecule has 3 aromatic rings. The lowest BCUT2D eigenvalue weighted by atomic mass is 9.88. The standard InChI is InChI=1S/C23H24N4O2/c24-22(28)10-11-27-15-20(14-25-27)17-6-3-7-19(12-17)23(29)26-21-9-8-16-4-1-2-5-18(16)13-21/h1-7,12,14-15,21H,8-11,13H2,(H2,24,28)(H,26,29)/t21-/m1/s1. The first kappa shape index (κ1) is 18.9.